The Balaban J connectivity index is 1.69. The SMILES string of the molecule is CCNC(=NCC(C)N(C)C1CC1)NCCN1CCOCC1. The van der Waals surface area contributed by atoms with Gasteiger partial charge in [0, 0.05) is 44.8 Å². The smallest absolute Gasteiger partial charge is 0.191 e. The fraction of sp³-hybridized carbons (Fsp3) is 0.938. The average molecular weight is 311 g/mol. The van der Waals surface area contributed by atoms with Crippen LogP contribution in [0.25, 0.3) is 0 Å². The Morgan fingerprint density at radius 3 is 2.68 bits per heavy atom. The molecule has 1 atom stereocenters. The first-order chi connectivity index (χ1) is 10.7. The van der Waals surface area contributed by atoms with Crippen LogP contribution in [-0.4, -0.2) is 87.4 Å². The summed E-state index contributed by atoms with van der Waals surface area (Å²) in [4.78, 5) is 9.63. The molecule has 0 spiro atoms. The summed E-state index contributed by atoms with van der Waals surface area (Å²) in [5.41, 5.74) is 0. The second kappa shape index (κ2) is 9.33. The van der Waals surface area contributed by atoms with E-state index in [1.165, 1.54) is 12.8 Å². The molecule has 6 nitrogen and oxygen atoms in total. The van der Waals surface area contributed by atoms with Crippen LogP contribution in [0.3, 0.4) is 0 Å². The molecule has 1 saturated heterocycles. The Kier molecular flexibility index (Phi) is 7.42. The number of ether oxygens (including phenoxy) is 1. The van der Waals surface area contributed by atoms with Crippen molar-refractivity contribution in [3.8, 4) is 0 Å². The van der Waals surface area contributed by atoms with E-state index in [0.29, 0.717) is 6.04 Å². The van der Waals surface area contributed by atoms with Gasteiger partial charge in [0.15, 0.2) is 5.96 Å². The van der Waals surface area contributed by atoms with Gasteiger partial charge in [-0.25, -0.2) is 0 Å². The first-order valence-corrected chi connectivity index (χ1v) is 8.75. The molecule has 2 aliphatic rings. The van der Waals surface area contributed by atoms with E-state index in [0.717, 1.165) is 64.5 Å². The number of nitrogens with zero attached hydrogens (tertiary/aromatic N) is 3. The summed E-state index contributed by atoms with van der Waals surface area (Å²) in [7, 11) is 2.22. The molecule has 0 radical (unpaired) electrons. The Labute approximate surface area is 135 Å². The summed E-state index contributed by atoms with van der Waals surface area (Å²) in [6.07, 6.45) is 2.70. The van der Waals surface area contributed by atoms with Crippen LogP contribution >= 0.6 is 0 Å². The zero-order valence-electron chi connectivity index (χ0n) is 14.5. The van der Waals surface area contributed by atoms with E-state index >= 15 is 0 Å². The molecular weight excluding hydrogens is 278 g/mol. The van der Waals surface area contributed by atoms with Crippen LogP contribution in [0.1, 0.15) is 26.7 Å². The molecule has 1 unspecified atom stereocenters. The first kappa shape index (κ1) is 17.5. The number of aliphatic imine (C=N–C) groups is 1. The van der Waals surface area contributed by atoms with Crippen molar-refractivity contribution in [2.24, 2.45) is 4.99 Å². The highest BCUT2D eigenvalue weighted by molar-refractivity contribution is 5.79. The molecule has 2 fully saturated rings. The van der Waals surface area contributed by atoms with E-state index in [9.17, 15) is 0 Å². The van der Waals surface area contributed by atoms with Gasteiger partial charge in [-0.2, -0.15) is 0 Å². The van der Waals surface area contributed by atoms with Crippen LogP contribution in [0.5, 0.6) is 0 Å². The molecule has 0 aromatic heterocycles. The van der Waals surface area contributed by atoms with Gasteiger partial charge in [-0.05, 0) is 33.7 Å². The van der Waals surface area contributed by atoms with Crippen LogP contribution in [0.2, 0.25) is 0 Å². The molecule has 22 heavy (non-hydrogen) atoms. The van der Waals surface area contributed by atoms with Gasteiger partial charge in [-0.3, -0.25) is 14.8 Å². The summed E-state index contributed by atoms with van der Waals surface area (Å²) in [6.45, 7) is 11.9. The highest BCUT2D eigenvalue weighted by Crippen LogP contribution is 2.26. The predicted molar refractivity (Wildman–Crippen MR) is 91.5 cm³/mol. The molecule has 0 aromatic rings. The number of rotatable bonds is 8. The van der Waals surface area contributed by atoms with Crippen molar-refractivity contribution in [1.29, 1.82) is 0 Å². The second-order valence-electron chi connectivity index (χ2n) is 6.35. The van der Waals surface area contributed by atoms with Gasteiger partial charge in [0.1, 0.15) is 0 Å². The largest absolute Gasteiger partial charge is 0.379 e. The molecule has 6 heteroatoms. The van der Waals surface area contributed by atoms with E-state index in [1.807, 2.05) is 0 Å². The van der Waals surface area contributed by atoms with E-state index < -0.39 is 0 Å². The minimum Gasteiger partial charge on any atom is -0.379 e. The Hall–Kier alpha value is -0.850. The van der Waals surface area contributed by atoms with Crippen molar-refractivity contribution in [3.05, 3.63) is 0 Å². The predicted octanol–water partition coefficient (Wildman–Crippen LogP) is 0.356. The van der Waals surface area contributed by atoms with Crippen LogP contribution in [0.15, 0.2) is 4.99 Å². The quantitative estimate of drug-likeness (QED) is 0.501. The van der Waals surface area contributed by atoms with E-state index in [-0.39, 0.29) is 0 Å². The standard InChI is InChI=1S/C16H33N5O/c1-4-17-16(18-7-8-21-9-11-22-12-10-21)19-13-14(2)20(3)15-5-6-15/h14-15H,4-13H2,1-3H3,(H2,17,18,19). The summed E-state index contributed by atoms with van der Waals surface area (Å²) >= 11 is 0. The van der Waals surface area contributed by atoms with Crippen LogP contribution in [-0.2, 0) is 4.74 Å². The van der Waals surface area contributed by atoms with Crippen molar-refractivity contribution in [2.45, 2.75) is 38.8 Å². The van der Waals surface area contributed by atoms with E-state index in [4.69, 9.17) is 9.73 Å². The van der Waals surface area contributed by atoms with Crippen molar-refractivity contribution in [2.75, 3.05) is 59.5 Å². The molecule has 2 rings (SSSR count). The molecule has 128 valence electrons. The fourth-order valence-electron chi connectivity index (χ4n) is 2.69. The number of morpholine rings is 1. The number of hydrogen-bond donors (Lipinski definition) is 2. The third-order valence-corrected chi connectivity index (χ3v) is 4.50. The second-order valence-corrected chi connectivity index (χ2v) is 6.35. The van der Waals surface area contributed by atoms with Gasteiger partial charge in [0.05, 0.1) is 19.8 Å². The minimum atomic E-state index is 0.502. The van der Waals surface area contributed by atoms with Gasteiger partial charge in [-0.1, -0.05) is 0 Å². The van der Waals surface area contributed by atoms with Gasteiger partial charge in [0.25, 0.3) is 0 Å². The maximum atomic E-state index is 5.37. The molecule has 1 heterocycles. The molecular formula is C16H33N5O. The molecule has 0 bridgehead atoms. The average Bonchev–Trinajstić information content (AvgIpc) is 3.37. The topological polar surface area (TPSA) is 52.1 Å². The zero-order chi connectivity index (χ0) is 15.8. The maximum Gasteiger partial charge on any atom is 0.191 e. The Morgan fingerprint density at radius 1 is 1.32 bits per heavy atom. The van der Waals surface area contributed by atoms with E-state index in [2.05, 4.69) is 41.3 Å². The van der Waals surface area contributed by atoms with Gasteiger partial charge >= 0.3 is 0 Å². The summed E-state index contributed by atoms with van der Waals surface area (Å²) in [5, 5.41) is 6.78. The third kappa shape index (κ3) is 6.10. The monoisotopic (exact) mass is 311 g/mol. The molecule has 2 N–H and O–H groups in total. The third-order valence-electron chi connectivity index (χ3n) is 4.50. The number of likely N-dealkylation sites (N-methyl/N-ethyl adjacent to an activating group) is 1. The lowest BCUT2D eigenvalue weighted by Gasteiger charge is -2.27. The highest BCUT2D eigenvalue weighted by atomic mass is 16.5. The molecule has 0 aromatic carbocycles. The number of hydrogen-bond acceptors (Lipinski definition) is 4. The summed E-state index contributed by atoms with van der Waals surface area (Å²) in [6, 6.07) is 1.30. The van der Waals surface area contributed by atoms with Crippen molar-refractivity contribution < 1.29 is 4.74 Å². The van der Waals surface area contributed by atoms with Gasteiger partial charge in [0.2, 0.25) is 0 Å². The summed E-state index contributed by atoms with van der Waals surface area (Å²) < 4.78 is 5.37. The van der Waals surface area contributed by atoms with Crippen LogP contribution < -0.4 is 10.6 Å². The molecule has 1 aliphatic heterocycles. The zero-order valence-corrected chi connectivity index (χ0v) is 14.5. The number of nitrogens with one attached hydrogen (secondary N) is 2. The van der Waals surface area contributed by atoms with Crippen molar-refractivity contribution in [3.63, 3.8) is 0 Å². The van der Waals surface area contributed by atoms with Gasteiger partial charge in [-0.15, -0.1) is 0 Å². The molecule has 0 amide bonds. The van der Waals surface area contributed by atoms with E-state index in [1.54, 1.807) is 0 Å². The van der Waals surface area contributed by atoms with Crippen LogP contribution in [0.4, 0.5) is 0 Å². The highest BCUT2D eigenvalue weighted by Gasteiger charge is 2.28. The van der Waals surface area contributed by atoms with Gasteiger partial charge < -0.3 is 15.4 Å². The number of guanidine groups is 1. The first-order valence-electron chi connectivity index (χ1n) is 8.75. The van der Waals surface area contributed by atoms with Crippen molar-refractivity contribution >= 4 is 5.96 Å². The van der Waals surface area contributed by atoms with Crippen molar-refractivity contribution in [1.82, 2.24) is 20.4 Å². The lowest BCUT2D eigenvalue weighted by atomic mass is 10.3. The molecule has 1 saturated carbocycles. The normalized spacial score (nSPS) is 21.9. The van der Waals surface area contributed by atoms with Crippen LogP contribution in [0, 0.1) is 0 Å². The Bertz CT molecular complexity index is 339. The molecule has 1 aliphatic carbocycles. The summed E-state index contributed by atoms with van der Waals surface area (Å²) in [5.74, 6) is 0.937. The minimum absolute atomic E-state index is 0.502. The lowest BCUT2D eigenvalue weighted by Crippen LogP contribution is -2.45. The fourth-order valence-corrected chi connectivity index (χ4v) is 2.69. The lowest BCUT2D eigenvalue weighted by molar-refractivity contribution is 0.0389. The maximum absolute atomic E-state index is 5.37. The Morgan fingerprint density at radius 2 is 2.05 bits per heavy atom.